The van der Waals surface area contributed by atoms with Crippen LogP contribution in [0.4, 0.5) is 10.2 Å². The Labute approximate surface area is 127 Å². The van der Waals surface area contributed by atoms with Crippen molar-refractivity contribution >= 4 is 29.5 Å². The number of ether oxygens (including phenoxy) is 1. The molecule has 21 heavy (non-hydrogen) atoms. The smallest absolute Gasteiger partial charge is 0.367 e. The number of pyridine rings is 1. The summed E-state index contributed by atoms with van der Waals surface area (Å²) in [5.74, 6) is -1.41. The van der Waals surface area contributed by atoms with E-state index in [1.807, 2.05) is 0 Å². The van der Waals surface area contributed by atoms with Crippen LogP contribution in [0.15, 0.2) is 18.1 Å². The lowest BCUT2D eigenvalue weighted by atomic mass is 10.2. The van der Waals surface area contributed by atoms with Gasteiger partial charge in [0.15, 0.2) is 0 Å². The summed E-state index contributed by atoms with van der Waals surface area (Å²) in [7, 11) is 0. The van der Waals surface area contributed by atoms with E-state index in [9.17, 15) is 9.18 Å². The van der Waals surface area contributed by atoms with Crippen molar-refractivity contribution in [3.8, 4) is 0 Å². The molecule has 2 rings (SSSR count). The van der Waals surface area contributed by atoms with Crippen molar-refractivity contribution in [2.24, 2.45) is 0 Å². The minimum atomic E-state index is -0.993. The van der Waals surface area contributed by atoms with Gasteiger partial charge in [-0.15, -0.1) is 0 Å². The van der Waals surface area contributed by atoms with Gasteiger partial charge in [-0.3, -0.25) is 0 Å². The van der Waals surface area contributed by atoms with Crippen LogP contribution in [0.2, 0.25) is 5.02 Å². The van der Waals surface area contributed by atoms with E-state index in [1.54, 1.807) is 13.0 Å². The van der Waals surface area contributed by atoms with Crippen molar-refractivity contribution in [2.75, 3.05) is 25.0 Å². The summed E-state index contributed by atoms with van der Waals surface area (Å²) >= 11 is 6.12. The first-order valence-electron chi connectivity index (χ1n) is 6.77. The van der Waals surface area contributed by atoms with E-state index < -0.39 is 11.8 Å². The molecule has 0 bridgehead atoms. The number of anilines is 1. The van der Waals surface area contributed by atoms with E-state index in [-0.39, 0.29) is 12.6 Å². The van der Waals surface area contributed by atoms with Crippen LogP contribution in [0.5, 0.6) is 0 Å². The molecule has 0 unspecified atom stereocenters. The van der Waals surface area contributed by atoms with Crippen molar-refractivity contribution in [2.45, 2.75) is 19.4 Å². The third-order valence-corrected chi connectivity index (χ3v) is 3.32. The van der Waals surface area contributed by atoms with E-state index >= 15 is 0 Å². The van der Waals surface area contributed by atoms with Gasteiger partial charge in [0.05, 0.1) is 11.6 Å². The number of rotatable bonds is 5. The van der Waals surface area contributed by atoms with Crippen LogP contribution in [-0.2, 0) is 9.53 Å². The van der Waals surface area contributed by atoms with Crippen LogP contribution in [0, 0.1) is 0 Å². The Balaban J connectivity index is 2.07. The molecule has 0 saturated carbocycles. The van der Waals surface area contributed by atoms with Crippen molar-refractivity contribution in [1.29, 1.82) is 0 Å². The third kappa shape index (κ3) is 4.41. The summed E-state index contributed by atoms with van der Waals surface area (Å²) in [5.41, 5.74) is 0.403. The summed E-state index contributed by atoms with van der Waals surface area (Å²) in [5, 5.41) is 6.83. The van der Waals surface area contributed by atoms with Crippen LogP contribution in [-0.4, -0.2) is 36.7 Å². The number of nitrogens with zero attached hydrogens (tertiary/aromatic N) is 1. The van der Waals surface area contributed by atoms with E-state index in [0.29, 0.717) is 16.4 Å². The Morgan fingerprint density at radius 3 is 3.14 bits per heavy atom. The second-order valence-corrected chi connectivity index (χ2v) is 5.05. The first-order chi connectivity index (χ1) is 10.1. The zero-order valence-corrected chi connectivity index (χ0v) is 12.4. The summed E-state index contributed by atoms with van der Waals surface area (Å²) < 4.78 is 18.1. The molecule has 1 aromatic rings. The van der Waals surface area contributed by atoms with Crippen LogP contribution in [0.3, 0.4) is 0 Å². The molecule has 1 aliphatic heterocycles. The molecule has 0 spiro atoms. The average molecular weight is 314 g/mol. The molecule has 1 fully saturated rings. The molecule has 0 amide bonds. The summed E-state index contributed by atoms with van der Waals surface area (Å²) in [6, 6.07) is 1.84. The Morgan fingerprint density at radius 1 is 1.71 bits per heavy atom. The van der Waals surface area contributed by atoms with Gasteiger partial charge in [-0.1, -0.05) is 11.6 Å². The molecule has 5 nitrogen and oxygen atoms in total. The molecule has 1 saturated heterocycles. The van der Waals surface area contributed by atoms with Gasteiger partial charge in [0.25, 0.3) is 0 Å². The van der Waals surface area contributed by atoms with Crippen molar-refractivity contribution in [1.82, 2.24) is 10.3 Å². The fourth-order valence-corrected chi connectivity index (χ4v) is 2.24. The predicted octanol–water partition coefficient (Wildman–Crippen LogP) is 2.38. The number of esters is 1. The summed E-state index contributed by atoms with van der Waals surface area (Å²) in [6.45, 7) is 3.55. The highest BCUT2D eigenvalue weighted by Crippen LogP contribution is 2.23. The first kappa shape index (κ1) is 15.7. The summed E-state index contributed by atoms with van der Waals surface area (Å²) in [4.78, 5) is 15.4. The Kier molecular flexibility index (Phi) is 5.52. The van der Waals surface area contributed by atoms with E-state index in [1.165, 1.54) is 6.20 Å². The van der Waals surface area contributed by atoms with Gasteiger partial charge in [-0.05, 0) is 37.6 Å². The molecule has 0 aromatic carbocycles. The highest BCUT2D eigenvalue weighted by Gasteiger charge is 2.16. The van der Waals surface area contributed by atoms with Crippen molar-refractivity contribution in [3.63, 3.8) is 0 Å². The van der Waals surface area contributed by atoms with Gasteiger partial charge in [-0.25, -0.2) is 9.78 Å². The molecule has 0 radical (unpaired) electrons. The average Bonchev–Trinajstić information content (AvgIpc) is 2.95. The second-order valence-electron chi connectivity index (χ2n) is 4.65. The van der Waals surface area contributed by atoms with Crippen LogP contribution >= 0.6 is 11.6 Å². The lowest BCUT2D eigenvalue weighted by Crippen LogP contribution is -2.22. The molecule has 1 atom stereocenters. The van der Waals surface area contributed by atoms with Gasteiger partial charge in [0.1, 0.15) is 5.82 Å². The number of carbonyl (C=O) groups is 1. The Morgan fingerprint density at radius 2 is 2.52 bits per heavy atom. The largest absolute Gasteiger partial charge is 0.461 e. The fourth-order valence-electron chi connectivity index (χ4n) is 2.01. The number of hydrogen-bond acceptors (Lipinski definition) is 5. The SMILES string of the molecule is CCOC(=O)C(F)=Cc1cnc(N[C@@H]2CCNC2)c(Cl)c1. The fraction of sp³-hybridized carbons (Fsp3) is 0.429. The van der Waals surface area contributed by atoms with Crippen molar-refractivity contribution in [3.05, 3.63) is 28.7 Å². The molecule has 0 aliphatic carbocycles. The lowest BCUT2D eigenvalue weighted by Gasteiger charge is -2.13. The normalized spacial score (nSPS) is 18.6. The molecule has 1 aliphatic rings. The maximum Gasteiger partial charge on any atom is 0.367 e. The monoisotopic (exact) mass is 313 g/mol. The Bertz CT molecular complexity index is 545. The molecule has 7 heteroatoms. The van der Waals surface area contributed by atoms with Gasteiger partial charge in [0, 0.05) is 18.8 Å². The first-order valence-corrected chi connectivity index (χ1v) is 7.15. The van der Waals surface area contributed by atoms with Gasteiger partial charge < -0.3 is 15.4 Å². The minimum Gasteiger partial charge on any atom is -0.461 e. The van der Waals surface area contributed by atoms with Crippen molar-refractivity contribution < 1.29 is 13.9 Å². The predicted molar refractivity (Wildman–Crippen MR) is 79.9 cm³/mol. The maximum atomic E-state index is 13.5. The van der Waals surface area contributed by atoms with Gasteiger partial charge in [0.2, 0.25) is 5.83 Å². The molecule has 2 N–H and O–H groups in total. The number of carbonyl (C=O) groups excluding carboxylic acids is 1. The van der Waals surface area contributed by atoms with Gasteiger partial charge in [-0.2, -0.15) is 4.39 Å². The highest BCUT2D eigenvalue weighted by molar-refractivity contribution is 6.33. The molecule has 1 aromatic heterocycles. The van der Waals surface area contributed by atoms with E-state index in [2.05, 4.69) is 20.4 Å². The Hall–Kier alpha value is -1.66. The quantitative estimate of drug-likeness (QED) is 0.645. The van der Waals surface area contributed by atoms with E-state index in [4.69, 9.17) is 11.6 Å². The zero-order chi connectivity index (χ0) is 15.2. The zero-order valence-electron chi connectivity index (χ0n) is 11.7. The lowest BCUT2D eigenvalue weighted by molar-refractivity contribution is -0.140. The third-order valence-electron chi connectivity index (χ3n) is 3.03. The molecule has 2 heterocycles. The number of halogens is 2. The standard InChI is InChI=1S/C14H17ClFN3O2/c1-2-21-14(20)12(16)6-9-5-11(15)13(18-7-9)19-10-3-4-17-8-10/h5-7,10,17H,2-4,8H2,1H3,(H,18,19)/t10-/m1/s1. The number of nitrogens with one attached hydrogen (secondary N) is 2. The maximum absolute atomic E-state index is 13.5. The van der Waals surface area contributed by atoms with Crippen LogP contribution < -0.4 is 10.6 Å². The second kappa shape index (κ2) is 7.38. The van der Waals surface area contributed by atoms with Crippen LogP contribution in [0.1, 0.15) is 18.9 Å². The van der Waals surface area contributed by atoms with Gasteiger partial charge >= 0.3 is 5.97 Å². The topological polar surface area (TPSA) is 63.2 Å². The van der Waals surface area contributed by atoms with E-state index in [0.717, 1.165) is 25.6 Å². The minimum absolute atomic E-state index is 0.122. The highest BCUT2D eigenvalue weighted by atomic mass is 35.5. The molecular weight excluding hydrogens is 297 g/mol. The number of hydrogen-bond donors (Lipinski definition) is 2. The molecule has 114 valence electrons. The summed E-state index contributed by atoms with van der Waals surface area (Å²) in [6.07, 6.45) is 3.50. The van der Waals surface area contributed by atoms with Crippen LogP contribution in [0.25, 0.3) is 6.08 Å². The number of aromatic nitrogens is 1. The molecular formula is C14H17ClFN3O2.